The van der Waals surface area contributed by atoms with Gasteiger partial charge in [-0.3, -0.25) is 4.99 Å². The van der Waals surface area contributed by atoms with Crippen molar-refractivity contribution in [1.29, 1.82) is 0 Å². The molecule has 0 saturated carbocycles. The van der Waals surface area contributed by atoms with E-state index in [0.717, 1.165) is 11.1 Å². The Morgan fingerprint density at radius 2 is 2.04 bits per heavy atom. The highest BCUT2D eigenvalue weighted by atomic mass is 35.5. The first kappa shape index (κ1) is 17.3. The Morgan fingerprint density at radius 3 is 2.61 bits per heavy atom. The number of hydrogen-bond donors (Lipinski definition) is 0. The molecule has 0 spiro atoms. The highest BCUT2D eigenvalue weighted by Gasteiger charge is 2.47. The van der Waals surface area contributed by atoms with E-state index in [-0.39, 0.29) is 5.92 Å². The summed E-state index contributed by atoms with van der Waals surface area (Å²) >= 11 is 6.02. The maximum Gasteiger partial charge on any atom is 0.144 e. The molecule has 1 aliphatic heterocycles. The summed E-state index contributed by atoms with van der Waals surface area (Å²) in [5.74, 6) is 0.751. The van der Waals surface area contributed by atoms with Crippen LogP contribution in [0.25, 0.3) is 0 Å². The minimum absolute atomic E-state index is 0.0918. The third kappa shape index (κ3) is 3.32. The second-order valence-electron chi connectivity index (χ2n) is 5.69. The van der Waals surface area contributed by atoms with Crippen molar-refractivity contribution in [3.63, 3.8) is 0 Å². The van der Waals surface area contributed by atoms with Gasteiger partial charge in [0.05, 0.1) is 0 Å². The maximum absolute atomic E-state index is 6.33. The molecule has 1 heterocycles. The van der Waals surface area contributed by atoms with Gasteiger partial charge in [0.2, 0.25) is 0 Å². The molecule has 0 amide bonds. The molecule has 0 aliphatic carbocycles. The monoisotopic (exact) mass is 327 g/mol. The summed E-state index contributed by atoms with van der Waals surface area (Å²) in [6.07, 6.45) is 4.11. The average Bonchev–Trinajstić information content (AvgIpc) is 2.91. The summed E-state index contributed by atoms with van der Waals surface area (Å²) in [6, 6.07) is 10.2. The fourth-order valence-corrected chi connectivity index (χ4v) is 2.99. The second-order valence-corrected chi connectivity index (χ2v) is 6.08. The van der Waals surface area contributed by atoms with Gasteiger partial charge in [-0.25, -0.2) is 0 Å². The lowest BCUT2D eigenvalue weighted by molar-refractivity contribution is 0.0564. The molecule has 2 unspecified atom stereocenters. The van der Waals surface area contributed by atoms with Gasteiger partial charge in [-0.05, 0) is 16.7 Å². The Bertz CT molecular complexity index is 687. The molecule has 1 fully saturated rings. The zero-order valence-electron chi connectivity index (χ0n) is 13.7. The number of rotatable bonds is 5. The molecule has 23 heavy (non-hydrogen) atoms. The molecule has 2 nitrogen and oxygen atoms in total. The number of benzene rings is 1. The molecular formula is C20H22ClNO. The van der Waals surface area contributed by atoms with Gasteiger partial charge in [-0.15, -0.1) is 0 Å². The molecule has 1 aromatic rings. The molecule has 1 aromatic carbocycles. The van der Waals surface area contributed by atoms with Crippen LogP contribution in [0.3, 0.4) is 0 Å². The van der Waals surface area contributed by atoms with Crippen LogP contribution in [0.2, 0.25) is 0 Å². The fourth-order valence-electron chi connectivity index (χ4n) is 2.90. The fraction of sp³-hybridized carbons (Fsp3) is 0.250. The Kier molecular flexibility index (Phi) is 5.27. The van der Waals surface area contributed by atoms with E-state index in [4.69, 9.17) is 16.3 Å². The van der Waals surface area contributed by atoms with E-state index in [0.29, 0.717) is 17.4 Å². The number of hydrogen-bond acceptors (Lipinski definition) is 2. The van der Waals surface area contributed by atoms with Crippen molar-refractivity contribution < 1.29 is 4.74 Å². The van der Waals surface area contributed by atoms with Crippen LogP contribution in [0.15, 0.2) is 84.1 Å². The number of nitrogens with zero attached hydrogens (tertiary/aromatic N) is 1. The van der Waals surface area contributed by atoms with Crippen molar-refractivity contribution in [2.75, 3.05) is 7.05 Å². The molecular weight excluding hydrogens is 306 g/mol. The standard InChI is InChI=1S/C20H22ClNO/c1-6-15(3)20(16(4)17-10-8-7-9-11-17)13-14(2)18(23-20)12-19(21)22-5/h6-12,16H,1-3,13H2,4-5H3/b18-12+,22-19?. The van der Waals surface area contributed by atoms with Crippen LogP contribution in [0.5, 0.6) is 0 Å². The van der Waals surface area contributed by atoms with Gasteiger partial charge in [0, 0.05) is 25.5 Å². The van der Waals surface area contributed by atoms with Crippen molar-refractivity contribution in [3.8, 4) is 0 Å². The SMILES string of the molecule is C=CC(=C)C1(C(C)c2ccccc2)CC(=C)/C(=C\C(Cl)=NC)O1. The predicted octanol–water partition coefficient (Wildman–Crippen LogP) is 5.40. The summed E-state index contributed by atoms with van der Waals surface area (Å²) < 4.78 is 6.33. The number of allylic oxidation sites excluding steroid dienone is 2. The van der Waals surface area contributed by atoms with Gasteiger partial charge in [-0.1, -0.05) is 74.7 Å². The molecule has 3 heteroatoms. The molecule has 0 N–H and O–H groups in total. The zero-order chi connectivity index (χ0) is 17.0. The number of ether oxygens (including phenoxy) is 1. The van der Waals surface area contributed by atoms with Crippen molar-refractivity contribution in [2.24, 2.45) is 4.99 Å². The van der Waals surface area contributed by atoms with E-state index in [9.17, 15) is 0 Å². The van der Waals surface area contributed by atoms with E-state index in [1.165, 1.54) is 5.56 Å². The summed E-state index contributed by atoms with van der Waals surface area (Å²) in [5.41, 5.74) is 2.30. The van der Waals surface area contributed by atoms with Crippen LogP contribution in [0, 0.1) is 0 Å². The largest absolute Gasteiger partial charge is 0.481 e. The van der Waals surface area contributed by atoms with Crippen LogP contribution in [0.4, 0.5) is 0 Å². The lowest BCUT2D eigenvalue weighted by Crippen LogP contribution is -2.35. The number of aliphatic imine (C=N–C) groups is 1. The average molecular weight is 328 g/mol. The predicted molar refractivity (Wildman–Crippen MR) is 99.1 cm³/mol. The third-order valence-corrected chi connectivity index (χ3v) is 4.65. The molecule has 0 radical (unpaired) electrons. The van der Waals surface area contributed by atoms with Crippen LogP contribution in [-0.2, 0) is 4.74 Å². The van der Waals surface area contributed by atoms with Gasteiger partial charge in [0.25, 0.3) is 0 Å². The normalized spacial score (nSPS) is 24.4. The first-order valence-corrected chi connectivity index (χ1v) is 7.90. The van der Waals surface area contributed by atoms with Gasteiger partial charge >= 0.3 is 0 Å². The first-order valence-electron chi connectivity index (χ1n) is 7.52. The van der Waals surface area contributed by atoms with Crippen LogP contribution < -0.4 is 0 Å². The van der Waals surface area contributed by atoms with E-state index in [2.05, 4.69) is 43.8 Å². The van der Waals surface area contributed by atoms with Gasteiger partial charge < -0.3 is 4.74 Å². The lowest BCUT2D eigenvalue weighted by Gasteiger charge is -2.35. The molecule has 1 aliphatic rings. The van der Waals surface area contributed by atoms with Crippen molar-refractivity contribution in [3.05, 3.63) is 84.7 Å². The summed E-state index contributed by atoms with van der Waals surface area (Å²) in [5, 5.41) is 0.383. The molecule has 2 rings (SSSR count). The quantitative estimate of drug-likeness (QED) is 0.524. The van der Waals surface area contributed by atoms with Crippen molar-refractivity contribution in [2.45, 2.75) is 24.9 Å². The van der Waals surface area contributed by atoms with Gasteiger partial charge in [0.15, 0.2) is 0 Å². The lowest BCUT2D eigenvalue weighted by atomic mass is 9.76. The Labute approximate surface area is 143 Å². The Balaban J connectivity index is 2.47. The highest BCUT2D eigenvalue weighted by Crippen LogP contribution is 2.49. The third-order valence-electron chi connectivity index (χ3n) is 4.37. The minimum atomic E-state index is -0.600. The minimum Gasteiger partial charge on any atom is -0.481 e. The molecule has 0 aromatic heterocycles. The summed E-state index contributed by atoms with van der Waals surface area (Å²) in [7, 11) is 1.64. The second kappa shape index (κ2) is 7.01. The highest BCUT2D eigenvalue weighted by molar-refractivity contribution is 6.68. The van der Waals surface area contributed by atoms with E-state index < -0.39 is 5.60 Å². The van der Waals surface area contributed by atoms with Crippen LogP contribution in [0.1, 0.15) is 24.8 Å². The van der Waals surface area contributed by atoms with E-state index in [1.807, 2.05) is 18.2 Å². The Morgan fingerprint density at radius 1 is 1.39 bits per heavy atom. The van der Waals surface area contributed by atoms with Gasteiger partial charge in [-0.2, -0.15) is 0 Å². The van der Waals surface area contributed by atoms with E-state index in [1.54, 1.807) is 19.2 Å². The van der Waals surface area contributed by atoms with Crippen molar-refractivity contribution in [1.82, 2.24) is 0 Å². The first-order chi connectivity index (χ1) is 10.9. The molecule has 2 atom stereocenters. The zero-order valence-corrected chi connectivity index (χ0v) is 14.4. The topological polar surface area (TPSA) is 21.6 Å². The molecule has 1 saturated heterocycles. The molecule has 0 bridgehead atoms. The van der Waals surface area contributed by atoms with E-state index >= 15 is 0 Å². The summed E-state index contributed by atoms with van der Waals surface area (Å²) in [4.78, 5) is 3.94. The number of halogens is 1. The summed E-state index contributed by atoms with van der Waals surface area (Å²) in [6.45, 7) is 14.3. The smallest absolute Gasteiger partial charge is 0.144 e. The maximum atomic E-state index is 6.33. The molecule has 120 valence electrons. The van der Waals surface area contributed by atoms with Crippen LogP contribution >= 0.6 is 11.6 Å². The van der Waals surface area contributed by atoms with Crippen molar-refractivity contribution >= 4 is 16.8 Å². The van der Waals surface area contributed by atoms with Crippen LogP contribution in [-0.4, -0.2) is 17.8 Å². The Hall–Kier alpha value is -2.06. The van der Waals surface area contributed by atoms with Gasteiger partial charge in [0.1, 0.15) is 16.5 Å².